The van der Waals surface area contributed by atoms with Gasteiger partial charge in [-0.15, -0.1) is 0 Å². The van der Waals surface area contributed by atoms with Crippen LogP contribution >= 0.6 is 0 Å². The van der Waals surface area contributed by atoms with E-state index in [9.17, 15) is 0 Å². The van der Waals surface area contributed by atoms with Gasteiger partial charge in [-0.3, -0.25) is 4.40 Å². The molecular formula is C29H18N4. The number of para-hydroxylation sites is 4. The molecule has 0 atom stereocenters. The predicted octanol–water partition coefficient (Wildman–Crippen LogP) is 6.92. The molecule has 0 fully saturated rings. The number of pyridine rings is 1. The van der Waals surface area contributed by atoms with Crippen LogP contribution in [0, 0.1) is 0 Å². The number of aromatic nitrogens is 4. The molecule has 3 heterocycles. The zero-order valence-corrected chi connectivity index (χ0v) is 17.7. The third-order valence-electron chi connectivity index (χ3n) is 6.17. The normalized spacial score (nSPS) is 11.6. The first kappa shape index (κ1) is 18.0. The van der Waals surface area contributed by atoms with E-state index in [1.165, 1.54) is 0 Å². The lowest BCUT2D eigenvalue weighted by Crippen LogP contribution is -2.00. The van der Waals surface area contributed by atoms with Gasteiger partial charge in [0.05, 0.1) is 22.1 Å². The van der Waals surface area contributed by atoms with Crippen molar-refractivity contribution in [3.8, 4) is 22.6 Å². The van der Waals surface area contributed by atoms with Gasteiger partial charge in [-0.05, 0) is 47.5 Å². The molecule has 0 unspecified atom stereocenters. The molecule has 0 aliphatic rings. The highest BCUT2D eigenvalue weighted by molar-refractivity contribution is 6.00. The quantitative estimate of drug-likeness (QED) is 0.304. The van der Waals surface area contributed by atoms with E-state index in [1.807, 2.05) is 48.5 Å². The van der Waals surface area contributed by atoms with Gasteiger partial charge < -0.3 is 0 Å². The summed E-state index contributed by atoms with van der Waals surface area (Å²) in [5.41, 5.74) is 7.85. The number of benzene rings is 4. The highest BCUT2D eigenvalue weighted by Gasteiger charge is 2.17. The van der Waals surface area contributed by atoms with Crippen molar-refractivity contribution >= 4 is 38.5 Å². The van der Waals surface area contributed by atoms with Crippen molar-refractivity contribution in [2.24, 2.45) is 0 Å². The van der Waals surface area contributed by atoms with Crippen molar-refractivity contribution in [1.29, 1.82) is 0 Å². The lowest BCUT2D eigenvalue weighted by molar-refractivity contribution is 1.14. The first-order chi connectivity index (χ1) is 16.4. The van der Waals surface area contributed by atoms with E-state index in [4.69, 9.17) is 15.0 Å². The first-order valence-electron chi connectivity index (χ1n) is 11.0. The summed E-state index contributed by atoms with van der Waals surface area (Å²) in [5.74, 6) is 0.792. The molecule has 0 saturated heterocycles. The summed E-state index contributed by atoms with van der Waals surface area (Å²) in [4.78, 5) is 15.1. The Kier molecular flexibility index (Phi) is 3.81. The number of hydrogen-bond donors (Lipinski definition) is 0. The molecule has 4 aromatic carbocycles. The van der Waals surface area contributed by atoms with Crippen molar-refractivity contribution in [3.63, 3.8) is 0 Å². The van der Waals surface area contributed by atoms with Gasteiger partial charge in [0.1, 0.15) is 11.3 Å². The van der Waals surface area contributed by atoms with E-state index in [-0.39, 0.29) is 0 Å². The van der Waals surface area contributed by atoms with Gasteiger partial charge in [-0.2, -0.15) is 0 Å². The SMILES string of the molecule is c1ccc(-c2cc(-c3nc4ccccc4c4nc5ccccc5n34)nc3ccccc23)cc1. The number of hydrogen-bond acceptors (Lipinski definition) is 3. The number of imidazole rings is 1. The van der Waals surface area contributed by atoms with Crippen molar-refractivity contribution < 1.29 is 0 Å². The van der Waals surface area contributed by atoms with Crippen LogP contribution in [0.4, 0.5) is 0 Å². The molecule has 0 amide bonds. The molecule has 7 rings (SSSR count). The second-order valence-corrected chi connectivity index (χ2v) is 8.15. The minimum Gasteiger partial charge on any atom is -0.274 e. The lowest BCUT2D eigenvalue weighted by Gasteiger charge is -2.12. The van der Waals surface area contributed by atoms with Gasteiger partial charge in [0.25, 0.3) is 0 Å². The van der Waals surface area contributed by atoms with Crippen molar-refractivity contribution in [2.75, 3.05) is 0 Å². The van der Waals surface area contributed by atoms with E-state index in [1.54, 1.807) is 0 Å². The van der Waals surface area contributed by atoms with Gasteiger partial charge in [0.2, 0.25) is 0 Å². The van der Waals surface area contributed by atoms with Crippen LogP contribution in [0.3, 0.4) is 0 Å². The Labute approximate surface area is 189 Å². The summed E-state index contributed by atoms with van der Waals surface area (Å²) in [6.45, 7) is 0. The van der Waals surface area contributed by atoms with Crippen molar-refractivity contribution in [3.05, 3.63) is 109 Å². The maximum atomic E-state index is 5.10. The van der Waals surface area contributed by atoms with Crippen LogP contribution < -0.4 is 0 Å². The summed E-state index contributed by atoms with van der Waals surface area (Å²) in [6, 6.07) is 37.3. The molecule has 33 heavy (non-hydrogen) atoms. The molecule has 3 aromatic heterocycles. The number of fused-ring (bicyclic) bond motifs is 6. The summed E-state index contributed by atoms with van der Waals surface area (Å²) in [7, 11) is 0. The largest absolute Gasteiger partial charge is 0.274 e. The third kappa shape index (κ3) is 2.74. The predicted molar refractivity (Wildman–Crippen MR) is 134 cm³/mol. The number of rotatable bonds is 2. The van der Waals surface area contributed by atoms with Crippen LogP contribution in [0.1, 0.15) is 0 Å². The molecule has 0 bridgehead atoms. The summed E-state index contributed by atoms with van der Waals surface area (Å²) >= 11 is 0. The van der Waals surface area contributed by atoms with Crippen LogP contribution in [0.25, 0.3) is 61.1 Å². The summed E-state index contributed by atoms with van der Waals surface area (Å²) in [5, 5.41) is 2.15. The molecule has 0 aliphatic carbocycles. The van der Waals surface area contributed by atoms with Gasteiger partial charge in [0.15, 0.2) is 5.82 Å². The third-order valence-corrected chi connectivity index (χ3v) is 6.17. The smallest absolute Gasteiger partial charge is 0.165 e. The Bertz CT molecular complexity index is 1820. The molecule has 0 radical (unpaired) electrons. The topological polar surface area (TPSA) is 43.1 Å². The summed E-state index contributed by atoms with van der Waals surface area (Å²) < 4.78 is 2.14. The zero-order valence-electron chi connectivity index (χ0n) is 17.7. The van der Waals surface area contributed by atoms with Gasteiger partial charge in [0, 0.05) is 10.8 Å². The van der Waals surface area contributed by atoms with Gasteiger partial charge >= 0.3 is 0 Å². The Hall–Kier alpha value is -4.57. The molecule has 0 aliphatic heterocycles. The van der Waals surface area contributed by atoms with E-state index < -0.39 is 0 Å². The van der Waals surface area contributed by atoms with Crippen molar-refractivity contribution in [2.45, 2.75) is 0 Å². The standard InChI is InChI=1S/C29H18N4/c1-2-10-19(11-3-1)22-18-26(30-23-14-6-4-12-20(22)23)29-31-24-15-7-5-13-21(24)28-32-25-16-8-9-17-27(25)33(28)29/h1-18H. The zero-order chi connectivity index (χ0) is 21.8. The Morgan fingerprint density at radius 2 is 1.15 bits per heavy atom. The fraction of sp³-hybridized carbons (Fsp3) is 0. The van der Waals surface area contributed by atoms with Gasteiger partial charge in [-0.1, -0.05) is 72.8 Å². The fourth-order valence-electron chi connectivity index (χ4n) is 4.66. The average molecular weight is 422 g/mol. The molecule has 4 nitrogen and oxygen atoms in total. The molecule has 7 aromatic rings. The minimum atomic E-state index is 0.792. The Morgan fingerprint density at radius 1 is 0.515 bits per heavy atom. The molecular weight excluding hydrogens is 404 g/mol. The van der Waals surface area contributed by atoms with Crippen LogP contribution in [0.15, 0.2) is 109 Å². The van der Waals surface area contributed by atoms with Gasteiger partial charge in [-0.25, -0.2) is 15.0 Å². The Morgan fingerprint density at radius 3 is 1.97 bits per heavy atom. The highest BCUT2D eigenvalue weighted by Crippen LogP contribution is 2.34. The Balaban J connectivity index is 1.64. The van der Waals surface area contributed by atoms with Crippen LogP contribution in [0.2, 0.25) is 0 Å². The van der Waals surface area contributed by atoms with E-state index in [0.29, 0.717) is 0 Å². The average Bonchev–Trinajstić information content (AvgIpc) is 3.28. The number of nitrogens with zero attached hydrogens (tertiary/aromatic N) is 4. The molecule has 0 saturated carbocycles. The maximum absolute atomic E-state index is 5.10. The van der Waals surface area contributed by atoms with Crippen LogP contribution in [-0.2, 0) is 0 Å². The molecule has 0 spiro atoms. The maximum Gasteiger partial charge on any atom is 0.165 e. The second-order valence-electron chi connectivity index (χ2n) is 8.15. The monoisotopic (exact) mass is 422 g/mol. The summed E-state index contributed by atoms with van der Waals surface area (Å²) in [6.07, 6.45) is 0. The van der Waals surface area contributed by atoms with Crippen molar-refractivity contribution in [1.82, 2.24) is 19.4 Å². The molecule has 4 heteroatoms. The van der Waals surface area contributed by atoms with E-state index in [0.717, 1.165) is 61.1 Å². The highest BCUT2D eigenvalue weighted by atomic mass is 15.1. The van der Waals surface area contributed by atoms with E-state index in [2.05, 4.69) is 65.1 Å². The molecule has 0 N–H and O–H groups in total. The second kappa shape index (κ2) is 6.97. The van der Waals surface area contributed by atoms with Crippen LogP contribution in [0.5, 0.6) is 0 Å². The minimum absolute atomic E-state index is 0.792. The van der Waals surface area contributed by atoms with Crippen LogP contribution in [-0.4, -0.2) is 19.4 Å². The fourth-order valence-corrected chi connectivity index (χ4v) is 4.66. The van der Waals surface area contributed by atoms with E-state index >= 15 is 0 Å². The first-order valence-corrected chi connectivity index (χ1v) is 11.0. The lowest BCUT2D eigenvalue weighted by atomic mass is 10.00. The molecule has 154 valence electrons.